The maximum atomic E-state index is 13.1. The van der Waals surface area contributed by atoms with Crippen molar-refractivity contribution < 1.29 is 28.5 Å². The van der Waals surface area contributed by atoms with Gasteiger partial charge in [0.1, 0.15) is 13.2 Å². The van der Waals surface area contributed by atoms with Crippen LogP contribution in [-0.2, 0) is 9.53 Å². The van der Waals surface area contributed by atoms with Crippen LogP contribution >= 0.6 is 12.2 Å². The average Bonchev–Trinajstić information content (AvgIpc) is 2.83. The molecule has 0 radical (unpaired) electrons. The lowest BCUT2D eigenvalue weighted by molar-refractivity contribution is -0.136. The highest BCUT2D eigenvalue weighted by Gasteiger charge is 2.37. The zero-order valence-electron chi connectivity index (χ0n) is 19.8. The summed E-state index contributed by atoms with van der Waals surface area (Å²) in [5.74, 6) is 1.93. The number of methoxy groups -OCH3 is 2. The van der Waals surface area contributed by atoms with Gasteiger partial charge in [-0.15, -0.1) is 0 Å². The number of carbonyl (C=O) groups excluding carboxylic acids is 1. The number of anilines is 1. The van der Waals surface area contributed by atoms with E-state index in [1.807, 2.05) is 57.2 Å². The zero-order valence-corrected chi connectivity index (χ0v) is 20.7. The van der Waals surface area contributed by atoms with Gasteiger partial charge >= 0.3 is 5.97 Å². The molecular formula is C25H28N2O6S. The van der Waals surface area contributed by atoms with Gasteiger partial charge in [-0.2, -0.15) is 0 Å². The predicted octanol–water partition coefficient (Wildman–Crippen LogP) is 4.14. The van der Waals surface area contributed by atoms with E-state index in [1.165, 1.54) is 7.11 Å². The number of carbonyl (C=O) groups is 1. The molecule has 9 heteroatoms. The molecule has 0 amide bonds. The summed E-state index contributed by atoms with van der Waals surface area (Å²) >= 11 is 5.77. The number of allylic oxidation sites excluding steroid dienone is 1. The molecule has 34 heavy (non-hydrogen) atoms. The summed E-state index contributed by atoms with van der Waals surface area (Å²) in [4.78, 5) is 14.8. The van der Waals surface area contributed by atoms with Crippen molar-refractivity contribution in [2.45, 2.75) is 32.9 Å². The molecule has 0 fully saturated rings. The molecule has 0 saturated carbocycles. The minimum atomic E-state index is -0.600. The van der Waals surface area contributed by atoms with Crippen LogP contribution in [0.15, 0.2) is 47.7 Å². The molecule has 1 unspecified atom stereocenters. The topological polar surface area (TPSA) is 78.5 Å². The Morgan fingerprint density at radius 1 is 1.15 bits per heavy atom. The van der Waals surface area contributed by atoms with E-state index in [2.05, 4.69) is 5.32 Å². The first-order chi connectivity index (χ1) is 16.3. The van der Waals surface area contributed by atoms with Gasteiger partial charge in [0.05, 0.1) is 37.6 Å². The molecule has 2 aliphatic rings. The average molecular weight is 485 g/mol. The number of hydrogen-bond acceptors (Lipinski definition) is 7. The summed E-state index contributed by atoms with van der Waals surface area (Å²) < 4.78 is 28.2. The van der Waals surface area contributed by atoms with Crippen LogP contribution in [0.5, 0.6) is 23.0 Å². The van der Waals surface area contributed by atoms with Crippen molar-refractivity contribution in [3.8, 4) is 23.0 Å². The van der Waals surface area contributed by atoms with Crippen LogP contribution in [0, 0.1) is 0 Å². The fraction of sp³-hybridized carbons (Fsp3) is 0.360. The molecule has 2 heterocycles. The number of nitrogens with one attached hydrogen (secondary N) is 1. The van der Waals surface area contributed by atoms with Gasteiger partial charge in [0.25, 0.3) is 0 Å². The molecule has 180 valence electrons. The Bertz CT molecular complexity index is 1150. The summed E-state index contributed by atoms with van der Waals surface area (Å²) in [6.45, 7) is 6.68. The lowest BCUT2D eigenvalue weighted by Crippen LogP contribution is -2.48. The molecule has 8 nitrogen and oxygen atoms in total. The Hall–Kier alpha value is -3.46. The van der Waals surface area contributed by atoms with Gasteiger partial charge < -0.3 is 29.0 Å². The molecule has 0 bridgehead atoms. The number of fused-ring (bicyclic) bond motifs is 1. The normalized spacial score (nSPS) is 17.4. The van der Waals surface area contributed by atoms with E-state index in [0.717, 1.165) is 11.3 Å². The van der Waals surface area contributed by atoms with Crippen molar-refractivity contribution in [2.75, 3.05) is 32.3 Å². The molecule has 1 atom stereocenters. The van der Waals surface area contributed by atoms with Crippen molar-refractivity contribution >= 4 is 29.0 Å². The maximum absolute atomic E-state index is 13.1. The maximum Gasteiger partial charge on any atom is 0.337 e. The highest BCUT2D eigenvalue weighted by atomic mass is 32.1. The van der Waals surface area contributed by atoms with Gasteiger partial charge in [0.2, 0.25) is 0 Å². The van der Waals surface area contributed by atoms with Crippen molar-refractivity contribution in [3.05, 3.63) is 53.2 Å². The fourth-order valence-corrected chi connectivity index (χ4v) is 4.48. The molecule has 0 saturated heterocycles. The molecule has 2 aliphatic heterocycles. The van der Waals surface area contributed by atoms with Gasteiger partial charge in [-0.25, -0.2) is 4.79 Å². The number of benzene rings is 2. The van der Waals surface area contributed by atoms with E-state index in [1.54, 1.807) is 12.0 Å². The molecular weight excluding hydrogens is 456 g/mol. The SMILES string of the molecule is COC(=O)C1=C(C)N(c2ccc3c(c2)OCCO3)C(=S)NC1c1cccc(OC)c1OC(C)C. The van der Waals surface area contributed by atoms with E-state index in [9.17, 15) is 4.79 Å². The smallest absolute Gasteiger partial charge is 0.337 e. The lowest BCUT2D eigenvalue weighted by Gasteiger charge is -2.38. The predicted molar refractivity (Wildman–Crippen MR) is 132 cm³/mol. The van der Waals surface area contributed by atoms with Gasteiger partial charge in [0.15, 0.2) is 28.1 Å². The Balaban J connectivity index is 1.84. The van der Waals surface area contributed by atoms with Crippen molar-refractivity contribution in [1.29, 1.82) is 0 Å². The Labute approximate surface area is 204 Å². The number of hydrogen-bond donors (Lipinski definition) is 1. The second-order valence-corrected chi connectivity index (χ2v) is 8.47. The molecule has 0 spiro atoms. The monoisotopic (exact) mass is 484 g/mol. The summed E-state index contributed by atoms with van der Waals surface area (Å²) in [5, 5.41) is 3.73. The molecule has 4 rings (SSSR count). The molecule has 2 aromatic rings. The van der Waals surface area contributed by atoms with Crippen LogP contribution in [0.25, 0.3) is 0 Å². The number of rotatable bonds is 6. The second kappa shape index (κ2) is 9.80. The second-order valence-electron chi connectivity index (χ2n) is 8.08. The molecule has 0 aliphatic carbocycles. The van der Waals surface area contributed by atoms with Crippen LogP contribution in [0.1, 0.15) is 32.4 Å². The third kappa shape index (κ3) is 4.35. The molecule has 0 aromatic heterocycles. The van der Waals surface area contributed by atoms with E-state index < -0.39 is 12.0 Å². The third-order valence-corrected chi connectivity index (χ3v) is 5.87. The first-order valence-electron chi connectivity index (χ1n) is 11.0. The quantitative estimate of drug-likeness (QED) is 0.481. The molecule has 1 N–H and O–H groups in total. The van der Waals surface area contributed by atoms with E-state index in [4.69, 9.17) is 35.9 Å². The highest BCUT2D eigenvalue weighted by Crippen LogP contribution is 2.43. The summed E-state index contributed by atoms with van der Waals surface area (Å²) in [6, 6.07) is 10.5. The summed E-state index contributed by atoms with van der Waals surface area (Å²) in [7, 11) is 2.94. The van der Waals surface area contributed by atoms with Crippen LogP contribution in [-0.4, -0.2) is 44.6 Å². The standard InChI is InChI=1S/C25H28N2O6S/c1-14(2)33-23-17(7-6-8-19(23)29-4)22-21(24(28)30-5)15(3)27(25(34)26-22)16-9-10-18-20(13-16)32-12-11-31-18/h6-10,13-14,22H,11-12H2,1-5H3,(H,26,34). The van der Waals surface area contributed by atoms with Crippen LogP contribution in [0.2, 0.25) is 0 Å². The minimum Gasteiger partial charge on any atom is -0.493 e. The Morgan fingerprint density at radius 3 is 2.56 bits per heavy atom. The molecule has 2 aromatic carbocycles. The Kier molecular flexibility index (Phi) is 6.83. The van der Waals surface area contributed by atoms with Gasteiger partial charge in [-0.3, -0.25) is 4.90 Å². The summed E-state index contributed by atoms with van der Waals surface area (Å²) in [6.07, 6.45) is -0.105. The number of thiocarbonyl (C=S) groups is 1. The Morgan fingerprint density at radius 2 is 1.88 bits per heavy atom. The van der Waals surface area contributed by atoms with Crippen molar-refractivity contribution in [3.63, 3.8) is 0 Å². The van der Waals surface area contributed by atoms with Crippen LogP contribution < -0.4 is 29.2 Å². The summed E-state index contributed by atoms with van der Waals surface area (Å²) in [5.41, 5.74) is 2.50. The van der Waals surface area contributed by atoms with Crippen LogP contribution in [0.4, 0.5) is 5.69 Å². The number of nitrogens with zero attached hydrogens (tertiary/aromatic N) is 1. The number of ether oxygens (including phenoxy) is 5. The highest BCUT2D eigenvalue weighted by molar-refractivity contribution is 7.80. The van der Waals surface area contributed by atoms with Gasteiger partial charge in [-0.1, -0.05) is 12.1 Å². The van der Waals surface area contributed by atoms with Gasteiger partial charge in [0, 0.05) is 17.3 Å². The zero-order chi connectivity index (χ0) is 24.4. The van der Waals surface area contributed by atoms with Crippen molar-refractivity contribution in [1.82, 2.24) is 5.32 Å². The fourth-order valence-electron chi connectivity index (χ4n) is 4.12. The van der Waals surface area contributed by atoms with Crippen LogP contribution in [0.3, 0.4) is 0 Å². The third-order valence-electron chi connectivity index (χ3n) is 5.57. The number of esters is 1. The van der Waals surface area contributed by atoms with E-state index in [-0.39, 0.29) is 6.10 Å². The lowest BCUT2D eigenvalue weighted by atomic mass is 9.93. The number of para-hydroxylation sites is 1. The largest absolute Gasteiger partial charge is 0.493 e. The van der Waals surface area contributed by atoms with E-state index >= 15 is 0 Å². The first-order valence-corrected chi connectivity index (χ1v) is 11.4. The van der Waals surface area contributed by atoms with Gasteiger partial charge in [-0.05, 0) is 51.2 Å². The van der Waals surface area contributed by atoms with Crippen molar-refractivity contribution in [2.24, 2.45) is 0 Å². The first kappa shape index (κ1) is 23.7. The van der Waals surface area contributed by atoms with E-state index in [0.29, 0.717) is 52.6 Å². The minimum absolute atomic E-state index is 0.105.